The van der Waals surface area contributed by atoms with Gasteiger partial charge in [-0.2, -0.15) is 0 Å². The molecule has 1 aromatic carbocycles. The van der Waals surface area contributed by atoms with Gasteiger partial charge in [-0.05, 0) is 29.7 Å². The molecule has 10 heteroatoms. The Morgan fingerprint density at radius 3 is 2.43 bits per heavy atom. The largest absolute Gasteiger partial charge is 0.465 e. The molecule has 0 radical (unpaired) electrons. The molecule has 0 atom stereocenters. The molecule has 1 N–H and O–H groups in total. The van der Waals surface area contributed by atoms with Crippen LogP contribution in [0, 0.1) is 0 Å². The Labute approximate surface area is 178 Å². The van der Waals surface area contributed by atoms with Crippen molar-refractivity contribution in [1.29, 1.82) is 0 Å². The lowest BCUT2D eigenvalue weighted by Crippen LogP contribution is -2.33. The summed E-state index contributed by atoms with van der Waals surface area (Å²) >= 11 is 1.27. The minimum absolute atomic E-state index is 0.0206. The fourth-order valence-electron chi connectivity index (χ4n) is 3.29. The van der Waals surface area contributed by atoms with E-state index >= 15 is 0 Å². The molecule has 30 heavy (non-hydrogen) atoms. The van der Waals surface area contributed by atoms with Gasteiger partial charge in [0.15, 0.2) is 9.84 Å². The van der Waals surface area contributed by atoms with E-state index in [9.17, 15) is 22.8 Å². The van der Waals surface area contributed by atoms with Crippen LogP contribution in [0.1, 0.15) is 33.3 Å². The van der Waals surface area contributed by atoms with Crippen LogP contribution in [0.4, 0.5) is 5.00 Å². The Kier molecular flexibility index (Phi) is 6.27. The summed E-state index contributed by atoms with van der Waals surface area (Å²) in [7, 11) is -2.02. The van der Waals surface area contributed by atoms with Crippen molar-refractivity contribution in [2.24, 2.45) is 0 Å². The van der Waals surface area contributed by atoms with Crippen LogP contribution in [0.5, 0.6) is 0 Å². The Balaban J connectivity index is 1.81. The third-order valence-electron chi connectivity index (χ3n) is 4.86. The average Bonchev–Trinajstić information content (AvgIpc) is 3.03. The number of benzene rings is 1. The molecule has 0 bridgehead atoms. The molecule has 0 spiro atoms. The van der Waals surface area contributed by atoms with Gasteiger partial charge in [-0.3, -0.25) is 9.59 Å². The molecule has 3 rings (SSSR count). The fourth-order valence-corrected chi connectivity index (χ4v) is 5.19. The van der Waals surface area contributed by atoms with Gasteiger partial charge in [-0.25, -0.2) is 13.2 Å². The van der Waals surface area contributed by atoms with Crippen molar-refractivity contribution in [3.8, 4) is 0 Å². The van der Waals surface area contributed by atoms with E-state index in [4.69, 9.17) is 4.74 Å². The zero-order chi connectivity index (χ0) is 22.1. The van der Waals surface area contributed by atoms with Crippen LogP contribution in [0.25, 0.3) is 0 Å². The zero-order valence-corrected chi connectivity index (χ0v) is 18.5. The Bertz CT molecular complexity index is 1100. The van der Waals surface area contributed by atoms with Gasteiger partial charge in [-0.15, -0.1) is 11.3 Å². The number of thiophene rings is 1. The molecule has 0 aliphatic carbocycles. The van der Waals surface area contributed by atoms with Crippen molar-refractivity contribution in [3.63, 3.8) is 0 Å². The molecule has 2 aromatic rings. The summed E-state index contributed by atoms with van der Waals surface area (Å²) in [6.45, 7) is 2.39. The molecule has 160 valence electrons. The van der Waals surface area contributed by atoms with Crippen molar-refractivity contribution in [1.82, 2.24) is 4.90 Å². The van der Waals surface area contributed by atoms with E-state index in [1.807, 2.05) is 0 Å². The molecule has 1 aliphatic heterocycles. The second-order valence-corrected chi connectivity index (χ2v) is 10.2. The maximum absolute atomic E-state index is 12.6. The fraction of sp³-hybridized carbons (Fsp3) is 0.350. The molecule has 1 aliphatic rings. The first kappa shape index (κ1) is 22.0. The second kappa shape index (κ2) is 8.57. The number of fused-ring (bicyclic) bond motifs is 1. The van der Waals surface area contributed by atoms with Gasteiger partial charge in [0.2, 0.25) is 11.8 Å². The van der Waals surface area contributed by atoms with E-state index in [-0.39, 0.29) is 23.1 Å². The number of nitrogens with zero attached hydrogens (tertiary/aromatic N) is 1. The van der Waals surface area contributed by atoms with Crippen LogP contribution >= 0.6 is 11.3 Å². The van der Waals surface area contributed by atoms with Gasteiger partial charge in [0.05, 0.1) is 30.5 Å². The summed E-state index contributed by atoms with van der Waals surface area (Å²) in [5.74, 6) is -0.914. The first-order valence-corrected chi connectivity index (χ1v) is 11.9. The lowest BCUT2D eigenvalue weighted by Gasteiger charge is -2.25. The number of hydrogen-bond acceptors (Lipinski definition) is 7. The molecule has 0 saturated carbocycles. The third kappa shape index (κ3) is 4.71. The van der Waals surface area contributed by atoms with Crippen LogP contribution in [0.3, 0.4) is 0 Å². The van der Waals surface area contributed by atoms with Gasteiger partial charge in [0.1, 0.15) is 5.00 Å². The Hall–Kier alpha value is -2.72. The van der Waals surface area contributed by atoms with Crippen molar-refractivity contribution in [2.75, 3.05) is 25.2 Å². The Morgan fingerprint density at radius 2 is 1.87 bits per heavy atom. The van der Waals surface area contributed by atoms with Crippen LogP contribution in [-0.4, -0.2) is 51.0 Å². The summed E-state index contributed by atoms with van der Waals surface area (Å²) in [6, 6.07) is 6.08. The quantitative estimate of drug-likeness (QED) is 0.698. The van der Waals surface area contributed by atoms with Crippen molar-refractivity contribution >= 4 is 44.0 Å². The maximum Gasteiger partial charge on any atom is 0.341 e. The number of ether oxygens (including phenoxy) is 1. The first-order chi connectivity index (χ1) is 14.1. The van der Waals surface area contributed by atoms with E-state index in [0.29, 0.717) is 35.6 Å². The highest BCUT2D eigenvalue weighted by Crippen LogP contribution is 2.37. The van der Waals surface area contributed by atoms with Crippen LogP contribution < -0.4 is 5.32 Å². The summed E-state index contributed by atoms with van der Waals surface area (Å²) < 4.78 is 28.0. The maximum atomic E-state index is 12.6. The highest BCUT2D eigenvalue weighted by atomic mass is 32.2. The number of methoxy groups -OCH3 is 1. The van der Waals surface area contributed by atoms with Crippen molar-refractivity contribution < 1.29 is 27.5 Å². The van der Waals surface area contributed by atoms with Gasteiger partial charge in [-0.1, -0.05) is 12.1 Å². The average molecular weight is 451 g/mol. The molecule has 1 aromatic heterocycles. The normalized spacial score (nSPS) is 13.5. The molecule has 8 nitrogen and oxygen atoms in total. The SMILES string of the molecule is COC(=O)c1c(NC(=O)Cc2ccc(S(C)(=O)=O)cc2)sc2c1CCN(C(C)=O)C2. The number of carbonyl (C=O) groups is 3. The highest BCUT2D eigenvalue weighted by molar-refractivity contribution is 7.90. The summed E-state index contributed by atoms with van der Waals surface area (Å²) in [5.41, 5.74) is 1.78. The van der Waals surface area contributed by atoms with Gasteiger partial charge in [0, 0.05) is 24.6 Å². The number of amides is 2. The second-order valence-electron chi connectivity index (χ2n) is 7.03. The molecule has 0 fully saturated rings. The van der Waals surface area contributed by atoms with Crippen molar-refractivity contribution in [2.45, 2.75) is 31.2 Å². The highest BCUT2D eigenvalue weighted by Gasteiger charge is 2.30. The standard InChI is InChI=1S/C20H22N2O6S2/c1-12(23)22-9-8-15-16(11-22)29-19(18(15)20(25)28-2)21-17(24)10-13-4-6-14(7-5-13)30(3,26)27/h4-7H,8-11H2,1-3H3,(H,21,24). The number of hydrogen-bond donors (Lipinski definition) is 1. The number of anilines is 1. The predicted octanol–water partition coefficient (Wildman–Crippen LogP) is 2.02. The van der Waals surface area contributed by atoms with Crippen molar-refractivity contribution in [3.05, 3.63) is 45.8 Å². The monoisotopic (exact) mass is 450 g/mol. The van der Waals surface area contributed by atoms with E-state index < -0.39 is 15.8 Å². The number of rotatable bonds is 5. The van der Waals surface area contributed by atoms with Gasteiger partial charge < -0.3 is 15.0 Å². The topological polar surface area (TPSA) is 110 Å². The van der Waals surface area contributed by atoms with Crippen LogP contribution in [0.15, 0.2) is 29.2 Å². The number of sulfone groups is 1. The number of esters is 1. The van der Waals surface area contributed by atoms with Gasteiger partial charge in [0.25, 0.3) is 0 Å². The lowest BCUT2D eigenvalue weighted by molar-refractivity contribution is -0.129. The third-order valence-corrected chi connectivity index (χ3v) is 7.12. The van der Waals surface area contributed by atoms with E-state index in [2.05, 4.69) is 5.32 Å². The molecule has 0 saturated heterocycles. The minimum Gasteiger partial charge on any atom is -0.465 e. The van der Waals surface area contributed by atoms with E-state index in [1.165, 1.54) is 37.5 Å². The smallest absolute Gasteiger partial charge is 0.341 e. The zero-order valence-electron chi connectivity index (χ0n) is 16.9. The summed E-state index contributed by atoms with van der Waals surface area (Å²) in [4.78, 5) is 39.3. The first-order valence-electron chi connectivity index (χ1n) is 9.17. The minimum atomic E-state index is -3.31. The molecule has 2 heterocycles. The lowest BCUT2D eigenvalue weighted by atomic mass is 10.0. The molecular formula is C20H22N2O6S2. The molecule has 0 unspecified atom stereocenters. The number of nitrogens with one attached hydrogen (secondary N) is 1. The van der Waals surface area contributed by atoms with Crippen LogP contribution in [0.2, 0.25) is 0 Å². The number of carbonyl (C=O) groups excluding carboxylic acids is 3. The van der Waals surface area contributed by atoms with E-state index in [0.717, 1.165) is 16.7 Å². The summed E-state index contributed by atoms with van der Waals surface area (Å²) in [6.07, 6.45) is 1.65. The molecule has 2 amide bonds. The van der Waals surface area contributed by atoms with Gasteiger partial charge >= 0.3 is 5.97 Å². The predicted molar refractivity (Wildman–Crippen MR) is 112 cm³/mol. The molecular weight excluding hydrogens is 428 g/mol. The van der Waals surface area contributed by atoms with Crippen LogP contribution in [-0.2, 0) is 43.5 Å². The Morgan fingerprint density at radius 1 is 1.20 bits per heavy atom. The summed E-state index contributed by atoms with van der Waals surface area (Å²) in [5, 5.41) is 3.18. The van der Waals surface area contributed by atoms with E-state index in [1.54, 1.807) is 17.0 Å².